The minimum Gasteiger partial charge on any atom is -0.493 e. The molecule has 8 heteroatoms. The Balaban J connectivity index is 2.20. The van der Waals surface area contributed by atoms with Crippen molar-refractivity contribution in [2.75, 3.05) is 20.2 Å². The van der Waals surface area contributed by atoms with Gasteiger partial charge < -0.3 is 23.7 Å². The zero-order valence-electron chi connectivity index (χ0n) is 26.1. The van der Waals surface area contributed by atoms with E-state index in [9.17, 15) is 14.4 Å². The molecule has 0 atom stereocenters. The quantitative estimate of drug-likeness (QED) is 0.0753. The second-order valence-electron chi connectivity index (χ2n) is 11.7. The van der Waals surface area contributed by atoms with Gasteiger partial charge in [-0.3, -0.25) is 14.4 Å². The third-order valence-corrected chi connectivity index (χ3v) is 5.83. The fourth-order valence-electron chi connectivity index (χ4n) is 3.34. The summed E-state index contributed by atoms with van der Waals surface area (Å²) in [5, 5.41) is 0. The SMILES string of the molecule is C/C=C/Cc1cc(/C=C/C(=O)c2ccc(OCOC(=O)C(C)(C)C)cc2)c(OCCC)cc1OCOC(=O)C(C)(C)C. The third kappa shape index (κ3) is 11.1. The summed E-state index contributed by atoms with van der Waals surface area (Å²) in [5.74, 6) is 0.640. The fraction of sp³-hybridized carbons (Fsp3) is 0.441. The molecular weight excluding hydrogens is 536 g/mol. The molecule has 42 heavy (non-hydrogen) atoms. The van der Waals surface area contributed by atoms with Crippen LogP contribution < -0.4 is 14.2 Å². The Hall–Kier alpha value is -4.07. The van der Waals surface area contributed by atoms with Crippen molar-refractivity contribution in [1.29, 1.82) is 0 Å². The molecule has 0 bridgehead atoms. The molecule has 0 aliphatic carbocycles. The molecule has 0 N–H and O–H groups in total. The minimum atomic E-state index is -0.637. The minimum absolute atomic E-state index is 0.202. The molecule has 0 aromatic heterocycles. The van der Waals surface area contributed by atoms with Crippen molar-refractivity contribution in [3.05, 3.63) is 71.3 Å². The molecule has 8 nitrogen and oxygen atoms in total. The Morgan fingerprint density at radius 1 is 0.786 bits per heavy atom. The van der Waals surface area contributed by atoms with E-state index >= 15 is 0 Å². The first-order valence-corrected chi connectivity index (χ1v) is 14.1. The van der Waals surface area contributed by atoms with Gasteiger partial charge in [0.2, 0.25) is 13.6 Å². The van der Waals surface area contributed by atoms with Gasteiger partial charge in [-0.05, 0) is 109 Å². The van der Waals surface area contributed by atoms with E-state index in [-0.39, 0.29) is 31.3 Å². The Bertz CT molecular complexity index is 1260. The fourth-order valence-corrected chi connectivity index (χ4v) is 3.34. The number of carbonyl (C=O) groups excluding carboxylic acids is 3. The summed E-state index contributed by atoms with van der Waals surface area (Å²) >= 11 is 0. The number of allylic oxidation sites excluding steroid dienone is 3. The standard InChI is InChI=1S/C34H44O8/c1-9-11-12-25-20-26(29(38-19-10-2)21-30(25)40-23-42-32(37)34(6,7)8)15-18-28(35)24-13-16-27(17-14-24)39-22-41-31(36)33(3,4)5/h9,11,13-18,20-21H,10,12,19,22-23H2,1-8H3/b11-9+,18-15+. The van der Waals surface area contributed by atoms with E-state index in [1.807, 2.05) is 32.1 Å². The van der Waals surface area contributed by atoms with Crippen LogP contribution in [0.3, 0.4) is 0 Å². The maximum Gasteiger partial charge on any atom is 0.314 e. The number of ketones is 1. The molecule has 228 valence electrons. The van der Waals surface area contributed by atoms with Crippen molar-refractivity contribution in [3.8, 4) is 17.2 Å². The number of ether oxygens (including phenoxy) is 5. The largest absolute Gasteiger partial charge is 0.493 e. The lowest BCUT2D eigenvalue weighted by molar-refractivity contribution is -0.160. The number of hydrogen-bond acceptors (Lipinski definition) is 8. The van der Waals surface area contributed by atoms with Gasteiger partial charge >= 0.3 is 11.9 Å². The van der Waals surface area contributed by atoms with Crippen molar-refractivity contribution in [2.45, 2.75) is 68.2 Å². The molecule has 2 rings (SSSR count). The Labute approximate surface area is 249 Å². The zero-order valence-corrected chi connectivity index (χ0v) is 26.1. The van der Waals surface area contributed by atoms with Crippen LogP contribution in [0.2, 0.25) is 0 Å². The van der Waals surface area contributed by atoms with Crippen molar-refractivity contribution < 1.29 is 38.1 Å². The van der Waals surface area contributed by atoms with Crippen LogP contribution in [0.15, 0.2) is 54.6 Å². The maximum absolute atomic E-state index is 13.0. The lowest BCUT2D eigenvalue weighted by Gasteiger charge is -2.19. The van der Waals surface area contributed by atoms with E-state index in [0.717, 1.165) is 17.5 Å². The van der Waals surface area contributed by atoms with Crippen LogP contribution in [-0.2, 0) is 25.5 Å². The first-order valence-electron chi connectivity index (χ1n) is 14.1. The average Bonchev–Trinajstić information content (AvgIpc) is 2.93. The first kappa shape index (κ1) is 34.1. The van der Waals surface area contributed by atoms with E-state index in [4.69, 9.17) is 23.7 Å². The highest BCUT2D eigenvalue weighted by atomic mass is 16.7. The van der Waals surface area contributed by atoms with Gasteiger partial charge in [0.15, 0.2) is 5.78 Å². The second kappa shape index (κ2) is 15.8. The Morgan fingerprint density at radius 3 is 1.93 bits per heavy atom. The lowest BCUT2D eigenvalue weighted by atomic mass is 9.97. The van der Waals surface area contributed by atoms with E-state index in [2.05, 4.69) is 0 Å². The summed E-state index contributed by atoms with van der Waals surface area (Å²) in [7, 11) is 0. The molecule has 0 amide bonds. The van der Waals surface area contributed by atoms with Crippen LogP contribution in [0.4, 0.5) is 0 Å². The summed E-state index contributed by atoms with van der Waals surface area (Å²) in [6, 6.07) is 10.3. The van der Waals surface area contributed by atoms with Crippen molar-refractivity contribution in [1.82, 2.24) is 0 Å². The molecule has 0 radical (unpaired) electrons. The molecule has 2 aromatic rings. The van der Waals surface area contributed by atoms with Crippen LogP contribution >= 0.6 is 0 Å². The van der Waals surface area contributed by atoms with Crippen LogP contribution in [0, 0.1) is 10.8 Å². The zero-order chi connectivity index (χ0) is 31.3. The molecule has 2 aromatic carbocycles. The number of hydrogen-bond donors (Lipinski definition) is 0. The normalized spacial score (nSPS) is 11.9. The highest BCUT2D eigenvalue weighted by Crippen LogP contribution is 2.32. The molecule has 0 saturated heterocycles. The van der Waals surface area contributed by atoms with Gasteiger partial charge in [-0.2, -0.15) is 0 Å². The molecule has 0 fully saturated rings. The van der Waals surface area contributed by atoms with Crippen molar-refractivity contribution in [2.24, 2.45) is 10.8 Å². The summed E-state index contributed by atoms with van der Waals surface area (Å²) in [4.78, 5) is 37.0. The van der Waals surface area contributed by atoms with Crippen molar-refractivity contribution in [3.63, 3.8) is 0 Å². The maximum atomic E-state index is 13.0. The molecule has 0 spiro atoms. The predicted octanol–water partition coefficient (Wildman–Crippen LogP) is 7.34. The summed E-state index contributed by atoms with van der Waals surface area (Å²) in [6.07, 6.45) is 8.50. The van der Waals surface area contributed by atoms with Gasteiger partial charge in [0.1, 0.15) is 17.2 Å². The Kier molecular flexibility index (Phi) is 12.8. The first-order chi connectivity index (χ1) is 19.8. The summed E-state index contributed by atoms with van der Waals surface area (Å²) in [6.45, 7) is 14.6. The molecule has 0 heterocycles. The molecule has 0 unspecified atom stereocenters. The average molecular weight is 581 g/mol. The van der Waals surface area contributed by atoms with Gasteiger partial charge in [0.25, 0.3) is 0 Å². The van der Waals surface area contributed by atoms with Crippen LogP contribution in [0.1, 0.15) is 83.3 Å². The molecular formula is C34H44O8. The predicted molar refractivity (Wildman–Crippen MR) is 163 cm³/mol. The second-order valence-corrected chi connectivity index (χ2v) is 11.7. The number of carbonyl (C=O) groups is 3. The van der Waals surface area contributed by atoms with Gasteiger partial charge in [0, 0.05) is 17.2 Å². The van der Waals surface area contributed by atoms with Crippen LogP contribution in [0.25, 0.3) is 6.08 Å². The number of benzene rings is 2. The smallest absolute Gasteiger partial charge is 0.314 e. The van der Waals surface area contributed by atoms with Gasteiger partial charge in [0.05, 0.1) is 17.4 Å². The lowest BCUT2D eigenvalue weighted by Crippen LogP contribution is -2.24. The topological polar surface area (TPSA) is 97.4 Å². The molecule has 0 aliphatic rings. The third-order valence-electron chi connectivity index (χ3n) is 5.83. The summed E-state index contributed by atoms with van der Waals surface area (Å²) < 4.78 is 27.7. The van der Waals surface area contributed by atoms with Gasteiger partial charge in [-0.25, -0.2) is 0 Å². The van der Waals surface area contributed by atoms with E-state index in [0.29, 0.717) is 35.8 Å². The van der Waals surface area contributed by atoms with Crippen LogP contribution in [-0.4, -0.2) is 37.9 Å². The van der Waals surface area contributed by atoms with E-state index in [1.54, 1.807) is 78.0 Å². The Morgan fingerprint density at radius 2 is 1.38 bits per heavy atom. The van der Waals surface area contributed by atoms with Crippen molar-refractivity contribution >= 4 is 23.8 Å². The molecule has 0 saturated carbocycles. The monoisotopic (exact) mass is 580 g/mol. The summed E-state index contributed by atoms with van der Waals surface area (Å²) in [5.41, 5.74) is 0.786. The van der Waals surface area contributed by atoms with Crippen LogP contribution in [0.5, 0.6) is 17.2 Å². The highest BCUT2D eigenvalue weighted by Gasteiger charge is 2.24. The number of esters is 2. The highest BCUT2D eigenvalue weighted by molar-refractivity contribution is 6.07. The van der Waals surface area contributed by atoms with Gasteiger partial charge in [-0.15, -0.1) is 0 Å². The molecule has 0 aliphatic heterocycles. The van der Waals surface area contributed by atoms with Gasteiger partial charge in [-0.1, -0.05) is 19.1 Å². The van der Waals surface area contributed by atoms with E-state index in [1.165, 1.54) is 6.08 Å². The van der Waals surface area contributed by atoms with E-state index < -0.39 is 10.8 Å². The number of rotatable bonds is 14.